The average molecular weight is 420 g/mol. The van der Waals surface area contributed by atoms with Gasteiger partial charge in [-0.15, -0.1) is 0 Å². The number of aryl methyl sites for hydroxylation is 1. The summed E-state index contributed by atoms with van der Waals surface area (Å²) in [7, 11) is 0. The molecule has 3 aromatic rings. The molecule has 7 heteroatoms. The molecule has 1 aromatic heterocycles. The summed E-state index contributed by atoms with van der Waals surface area (Å²) in [6.45, 7) is 5.46. The third-order valence-corrected chi connectivity index (χ3v) is 5.68. The Bertz CT molecular complexity index is 1080. The van der Waals surface area contributed by atoms with Crippen molar-refractivity contribution in [3.63, 3.8) is 0 Å². The molecule has 1 aliphatic rings. The zero-order valence-corrected chi connectivity index (χ0v) is 17.6. The lowest BCUT2D eigenvalue weighted by molar-refractivity contribution is -0.120. The van der Waals surface area contributed by atoms with Crippen LogP contribution in [0.25, 0.3) is 0 Å². The van der Waals surface area contributed by atoms with Crippen LogP contribution >= 0.6 is 0 Å². The monoisotopic (exact) mass is 420 g/mol. The molecular formula is C24H25FN4O2. The predicted octanol–water partition coefficient (Wildman–Crippen LogP) is 4.88. The molecule has 6 nitrogen and oxygen atoms in total. The Kier molecular flexibility index (Phi) is 6.11. The second-order valence-electron chi connectivity index (χ2n) is 7.78. The van der Waals surface area contributed by atoms with Crippen molar-refractivity contribution in [2.75, 3.05) is 23.3 Å². The fourth-order valence-corrected chi connectivity index (χ4v) is 3.69. The van der Waals surface area contributed by atoms with Gasteiger partial charge in [-0.05, 0) is 62.1 Å². The van der Waals surface area contributed by atoms with E-state index in [9.17, 15) is 9.18 Å². The van der Waals surface area contributed by atoms with Crippen LogP contribution in [0.15, 0.2) is 54.9 Å². The molecule has 31 heavy (non-hydrogen) atoms. The number of halogens is 1. The van der Waals surface area contributed by atoms with Gasteiger partial charge in [0, 0.05) is 30.8 Å². The number of benzene rings is 2. The smallest absolute Gasteiger partial charge is 0.227 e. The molecular weight excluding hydrogens is 395 g/mol. The van der Waals surface area contributed by atoms with Crippen molar-refractivity contribution < 1.29 is 13.9 Å². The second-order valence-corrected chi connectivity index (χ2v) is 7.78. The lowest BCUT2D eigenvalue weighted by Crippen LogP contribution is -2.38. The Hall–Kier alpha value is -3.48. The van der Waals surface area contributed by atoms with Gasteiger partial charge >= 0.3 is 0 Å². The summed E-state index contributed by atoms with van der Waals surface area (Å²) in [6, 6.07) is 13.7. The SMILES string of the molecule is Cc1cccc(Oc2cc(N3CCC(C(=O)Nc4cccc(F)c4)CC3)ncn2)c1C. The summed E-state index contributed by atoms with van der Waals surface area (Å²) in [5.74, 6) is 1.48. The first-order valence-electron chi connectivity index (χ1n) is 10.4. The minimum absolute atomic E-state index is 0.0770. The van der Waals surface area contributed by atoms with Crippen LogP contribution in [0.3, 0.4) is 0 Å². The zero-order chi connectivity index (χ0) is 21.8. The number of ether oxygens (including phenoxy) is 1. The molecule has 0 radical (unpaired) electrons. The number of nitrogens with zero attached hydrogens (tertiary/aromatic N) is 3. The number of rotatable bonds is 5. The molecule has 0 unspecified atom stereocenters. The van der Waals surface area contributed by atoms with E-state index in [0.717, 1.165) is 22.7 Å². The summed E-state index contributed by atoms with van der Waals surface area (Å²) in [6.07, 6.45) is 2.88. The van der Waals surface area contributed by atoms with Crippen molar-refractivity contribution in [2.24, 2.45) is 5.92 Å². The summed E-state index contributed by atoms with van der Waals surface area (Å²) in [4.78, 5) is 23.3. The highest BCUT2D eigenvalue weighted by Gasteiger charge is 2.26. The molecule has 0 saturated carbocycles. The normalized spacial score (nSPS) is 14.4. The minimum atomic E-state index is -0.365. The minimum Gasteiger partial charge on any atom is -0.439 e. The fraction of sp³-hybridized carbons (Fsp3) is 0.292. The molecule has 0 atom stereocenters. The number of carbonyl (C=O) groups excluding carboxylic acids is 1. The van der Waals surface area contributed by atoms with Crippen molar-refractivity contribution in [3.8, 4) is 11.6 Å². The first-order valence-corrected chi connectivity index (χ1v) is 10.4. The lowest BCUT2D eigenvalue weighted by Gasteiger charge is -2.32. The van der Waals surface area contributed by atoms with Gasteiger partial charge in [-0.2, -0.15) is 0 Å². The Morgan fingerprint density at radius 2 is 1.87 bits per heavy atom. The number of carbonyl (C=O) groups is 1. The van der Waals surface area contributed by atoms with E-state index >= 15 is 0 Å². The standard InChI is InChI=1S/C24H25FN4O2/c1-16-5-3-8-21(17(16)2)31-23-14-22(26-15-27-23)29-11-9-18(10-12-29)24(30)28-20-7-4-6-19(25)13-20/h3-8,13-15,18H,9-12H2,1-2H3,(H,28,30). The number of nitrogens with one attached hydrogen (secondary N) is 1. The van der Waals surface area contributed by atoms with Crippen LogP contribution in [0, 0.1) is 25.6 Å². The average Bonchev–Trinajstić information content (AvgIpc) is 2.77. The molecule has 2 heterocycles. The van der Waals surface area contributed by atoms with Gasteiger partial charge in [0.05, 0.1) is 0 Å². The van der Waals surface area contributed by atoms with Gasteiger partial charge in [0.2, 0.25) is 11.8 Å². The maximum Gasteiger partial charge on any atom is 0.227 e. The summed E-state index contributed by atoms with van der Waals surface area (Å²) in [5.41, 5.74) is 2.72. The van der Waals surface area contributed by atoms with E-state index in [1.165, 1.54) is 18.5 Å². The number of hydrogen-bond acceptors (Lipinski definition) is 5. The van der Waals surface area contributed by atoms with E-state index in [-0.39, 0.29) is 17.6 Å². The van der Waals surface area contributed by atoms with Crippen molar-refractivity contribution in [2.45, 2.75) is 26.7 Å². The molecule has 2 aromatic carbocycles. The quantitative estimate of drug-likeness (QED) is 0.637. The Morgan fingerprint density at radius 1 is 1.10 bits per heavy atom. The molecule has 160 valence electrons. The summed E-state index contributed by atoms with van der Waals surface area (Å²) in [5, 5.41) is 2.81. The van der Waals surface area contributed by atoms with Crippen LogP contribution in [0.4, 0.5) is 15.9 Å². The predicted molar refractivity (Wildman–Crippen MR) is 118 cm³/mol. The molecule has 4 rings (SSSR count). The summed E-state index contributed by atoms with van der Waals surface area (Å²) >= 11 is 0. The molecule has 0 spiro atoms. The third kappa shape index (κ3) is 4.99. The number of hydrogen-bond donors (Lipinski definition) is 1. The highest BCUT2D eigenvalue weighted by Crippen LogP contribution is 2.29. The molecule has 1 fully saturated rings. The maximum absolute atomic E-state index is 13.3. The molecule has 1 amide bonds. The number of piperidine rings is 1. The molecule has 0 bridgehead atoms. The highest BCUT2D eigenvalue weighted by atomic mass is 19.1. The second kappa shape index (κ2) is 9.12. The van der Waals surface area contributed by atoms with Gasteiger partial charge in [0.15, 0.2) is 0 Å². The van der Waals surface area contributed by atoms with E-state index in [4.69, 9.17) is 4.74 Å². The van der Waals surface area contributed by atoms with E-state index in [1.54, 1.807) is 12.1 Å². The van der Waals surface area contributed by atoms with E-state index < -0.39 is 0 Å². The number of anilines is 2. The van der Waals surface area contributed by atoms with E-state index in [1.807, 2.05) is 38.1 Å². The first kappa shape index (κ1) is 20.8. The van der Waals surface area contributed by atoms with Gasteiger partial charge < -0.3 is 15.0 Å². The van der Waals surface area contributed by atoms with Crippen LogP contribution in [0.1, 0.15) is 24.0 Å². The van der Waals surface area contributed by atoms with Gasteiger partial charge in [-0.3, -0.25) is 4.79 Å². The highest BCUT2D eigenvalue weighted by molar-refractivity contribution is 5.92. The van der Waals surface area contributed by atoms with Crippen LogP contribution in [-0.2, 0) is 4.79 Å². The van der Waals surface area contributed by atoms with Crippen LogP contribution < -0.4 is 15.0 Å². The van der Waals surface area contributed by atoms with Crippen molar-refractivity contribution >= 4 is 17.4 Å². The molecule has 1 saturated heterocycles. The lowest BCUT2D eigenvalue weighted by atomic mass is 9.96. The van der Waals surface area contributed by atoms with E-state index in [0.29, 0.717) is 37.5 Å². The van der Waals surface area contributed by atoms with Crippen LogP contribution in [0.5, 0.6) is 11.6 Å². The molecule has 1 N–H and O–H groups in total. The summed E-state index contributed by atoms with van der Waals surface area (Å²) < 4.78 is 19.3. The number of aromatic nitrogens is 2. The van der Waals surface area contributed by atoms with Gasteiger partial charge in [-0.25, -0.2) is 14.4 Å². The van der Waals surface area contributed by atoms with Gasteiger partial charge in [0.1, 0.15) is 23.7 Å². The van der Waals surface area contributed by atoms with Crippen molar-refractivity contribution in [3.05, 3.63) is 71.8 Å². The number of amides is 1. The van der Waals surface area contributed by atoms with Crippen molar-refractivity contribution in [1.82, 2.24) is 9.97 Å². The Labute approximate surface area is 181 Å². The van der Waals surface area contributed by atoms with E-state index in [2.05, 4.69) is 20.2 Å². The van der Waals surface area contributed by atoms with Crippen molar-refractivity contribution in [1.29, 1.82) is 0 Å². The zero-order valence-electron chi connectivity index (χ0n) is 17.6. The first-order chi connectivity index (χ1) is 15.0. The molecule has 1 aliphatic heterocycles. The third-order valence-electron chi connectivity index (χ3n) is 5.68. The Balaban J connectivity index is 1.37. The van der Waals surface area contributed by atoms with Crippen LogP contribution in [0.2, 0.25) is 0 Å². The Morgan fingerprint density at radius 3 is 2.65 bits per heavy atom. The van der Waals surface area contributed by atoms with Gasteiger partial charge in [0.25, 0.3) is 0 Å². The van der Waals surface area contributed by atoms with Gasteiger partial charge in [-0.1, -0.05) is 18.2 Å². The topological polar surface area (TPSA) is 67.3 Å². The molecule has 0 aliphatic carbocycles. The largest absolute Gasteiger partial charge is 0.439 e. The maximum atomic E-state index is 13.3. The van der Waals surface area contributed by atoms with Crippen LogP contribution in [-0.4, -0.2) is 29.0 Å². The fourth-order valence-electron chi connectivity index (χ4n) is 3.69.